The zero-order chi connectivity index (χ0) is 14.5. The summed E-state index contributed by atoms with van der Waals surface area (Å²) in [5.74, 6) is 6.54. The Morgan fingerprint density at radius 2 is 1.52 bits per heavy atom. The molecule has 0 aliphatic rings. The van der Waals surface area contributed by atoms with Crippen LogP contribution in [-0.4, -0.2) is 4.57 Å². The lowest BCUT2D eigenvalue weighted by Crippen LogP contribution is -1.93. The fraction of sp³-hybridized carbons (Fsp3) is 0.100. The maximum absolute atomic E-state index is 3.28. The maximum Gasteiger partial charge on any atom is 0.0606 e. The van der Waals surface area contributed by atoms with E-state index in [1.165, 1.54) is 5.56 Å². The van der Waals surface area contributed by atoms with Crippen molar-refractivity contribution in [3.8, 4) is 17.5 Å². The highest BCUT2D eigenvalue weighted by Gasteiger charge is 1.99. The molecule has 1 aromatic heterocycles. The van der Waals surface area contributed by atoms with E-state index < -0.39 is 0 Å². The Morgan fingerprint density at radius 1 is 0.810 bits per heavy atom. The van der Waals surface area contributed by atoms with Crippen molar-refractivity contribution in [3.63, 3.8) is 0 Å². The molecule has 0 radical (unpaired) electrons. The molecule has 0 aliphatic carbocycles. The summed E-state index contributed by atoms with van der Waals surface area (Å²) < 4.78 is 2.09. The van der Waals surface area contributed by atoms with Crippen LogP contribution in [0.25, 0.3) is 5.69 Å². The number of benzene rings is 2. The molecule has 3 rings (SSSR count). The second kappa shape index (κ2) is 6.15. The van der Waals surface area contributed by atoms with Gasteiger partial charge in [0.2, 0.25) is 0 Å². The van der Waals surface area contributed by atoms with Crippen molar-refractivity contribution in [2.24, 2.45) is 0 Å². The predicted molar refractivity (Wildman–Crippen MR) is 87.6 cm³/mol. The summed E-state index contributed by atoms with van der Waals surface area (Å²) in [5.41, 5.74) is 4.54. The van der Waals surface area contributed by atoms with Crippen molar-refractivity contribution < 1.29 is 0 Å². The lowest BCUT2D eigenvalue weighted by molar-refractivity contribution is 1.07. The Kier molecular flexibility index (Phi) is 3.89. The molecule has 0 atom stereocenters. The fourth-order valence-corrected chi connectivity index (χ4v) is 2.26. The average Bonchev–Trinajstić information content (AvgIpc) is 3.08. The summed E-state index contributed by atoms with van der Waals surface area (Å²) in [5, 5.41) is 0. The van der Waals surface area contributed by atoms with Gasteiger partial charge in [0.05, 0.1) is 5.69 Å². The van der Waals surface area contributed by atoms with Crippen LogP contribution in [0.3, 0.4) is 0 Å². The molecule has 1 nitrogen and oxygen atoms in total. The van der Waals surface area contributed by atoms with Crippen molar-refractivity contribution in [1.82, 2.24) is 4.57 Å². The van der Waals surface area contributed by atoms with Crippen molar-refractivity contribution >= 4 is 0 Å². The van der Waals surface area contributed by atoms with Gasteiger partial charge in [0.1, 0.15) is 0 Å². The second-order valence-corrected chi connectivity index (χ2v) is 4.91. The van der Waals surface area contributed by atoms with Crippen LogP contribution in [0.5, 0.6) is 0 Å². The molecule has 3 aromatic rings. The Balaban J connectivity index is 1.94. The molecule has 0 unspecified atom stereocenters. The molecule has 0 N–H and O–H groups in total. The highest BCUT2D eigenvalue weighted by Crippen LogP contribution is 2.14. The van der Waals surface area contributed by atoms with Crippen LogP contribution in [0.2, 0.25) is 0 Å². The van der Waals surface area contributed by atoms with E-state index >= 15 is 0 Å². The van der Waals surface area contributed by atoms with E-state index in [-0.39, 0.29) is 0 Å². The minimum Gasteiger partial charge on any atom is -0.323 e. The molecule has 0 saturated carbocycles. The molecule has 0 amide bonds. The molecule has 2 aromatic carbocycles. The molecular weight excluding hydrogens is 254 g/mol. The van der Waals surface area contributed by atoms with Gasteiger partial charge in [-0.3, -0.25) is 0 Å². The van der Waals surface area contributed by atoms with Crippen LogP contribution in [0, 0.1) is 11.8 Å². The van der Waals surface area contributed by atoms with E-state index in [1.54, 1.807) is 0 Å². The second-order valence-electron chi connectivity index (χ2n) is 4.91. The summed E-state index contributed by atoms with van der Waals surface area (Å²) in [4.78, 5) is 0. The van der Waals surface area contributed by atoms with E-state index in [2.05, 4.69) is 59.7 Å². The first-order valence-corrected chi connectivity index (χ1v) is 7.20. The molecule has 21 heavy (non-hydrogen) atoms. The first-order valence-electron chi connectivity index (χ1n) is 7.20. The van der Waals surface area contributed by atoms with Gasteiger partial charge >= 0.3 is 0 Å². The van der Waals surface area contributed by atoms with E-state index in [1.807, 2.05) is 36.7 Å². The van der Waals surface area contributed by atoms with Crippen molar-refractivity contribution in [2.45, 2.75) is 13.3 Å². The van der Waals surface area contributed by atoms with Gasteiger partial charge in [-0.2, -0.15) is 0 Å². The molecular formula is C20H17N. The Bertz CT molecular complexity index is 769. The van der Waals surface area contributed by atoms with Crippen molar-refractivity contribution in [2.75, 3.05) is 0 Å². The third-order valence-corrected chi connectivity index (χ3v) is 3.49. The minimum atomic E-state index is 1.04. The number of nitrogens with zero attached hydrogens (tertiary/aromatic N) is 1. The highest BCUT2D eigenvalue weighted by molar-refractivity contribution is 5.53. The van der Waals surface area contributed by atoms with Gasteiger partial charge in [0, 0.05) is 23.5 Å². The Labute approximate surface area is 125 Å². The molecule has 0 spiro atoms. The van der Waals surface area contributed by atoms with Crippen molar-refractivity contribution in [3.05, 3.63) is 89.7 Å². The summed E-state index contributed by atoms with van der Waals surface area (Å²) in [7, 11) is 0. The summed E-state index contributed by atoms with van der Waals surface area (Å²) >= 11 is 0. The largest absolute Gasteiger partial charge is 0.323 e. The maximum atomic E-state index is 3.28. The Morgan fingerprint density at radius 3 is 2.24 bits per heavy atom. The van der Waals surface area contributed by atoms with Crippen LogP contribution in [0.4, 0.5) is 0 Å². The van der Waals surface area contributed by atoms with Crippen LogP contribution < -0.4 is 0 Å². The van der Waals surface area contributed by atoms with Crippen LogP contribution in [-0.2, 0) is 6.42 Å². The van der Waals surface area contributed by atoms with Gasteiger partial charge in [-0.15, -0.1) is 0 Å². The average molecular weight is 271 g/mol. The highest BCUT2D eigenvalue weighted by atomic mass is 14.9. The predicted octanol–water partition coefficient (Wildman–Crippen LogP) is 4.44. The van der Waals surface area contributed by atoms with Crippen molar-refractivity contribution in [1.29, 1.82) is 0 Å². The molecule has 0 fully saturated rings. The fourth-order valence-electron chi connectivity index (χ4n) is 2.26. The number of aromatic nitrogens is 1. The van der Waals surface area contributed by atoms with Gasteiger partial charge in [-0.05, 0) is 48.4 Å². The van der Waals surface area contributed by atoms with Crippen LogP contribution in [0.1, 0.15) is 23.6 Å². The number of hydrogen-bond acceptors (Lipinski definition) is 0. The van der Waals surface area contributed by atoms with Gasteiger partial charge in [-0.1, -0.05) is 43.0 Å². The quantitative estimate of drug-likeness (QED) is 0.607. The SMILES string of the molecule is CCc1ccc(C#Cc2ccccc2-n2cccc2)cc1. The molecule has 1 heterocycles. The van der Waals surface area contributed by atoms with E-state index in [0.717, 1.165) is 23.2 Å². The van der Waals surface area contributed by atoms with Gasteiger partial charge < -0.3 is 4.57 Å². The number of rotatable bonds is 2. The number of hydrogen-bond donors (Lipinski definition) is 0. The molecule has 0 aliphatic heterocycles. The van der Waals surface area contributed by atoms with E-state index in [9.17, 15) is 0 Å². The first-order chi connectivity index (χ1) is 10.4. The van der Waals surface area contributed by atoms with E-state index in [4.69, 9.17) is 0 Å². The van der Waals surface area contributed by atoms with E-state index in [0.29, 0.717) is 0 Å². The van der Waals surface area contributed by atoms with Crippen LogP contribution in [0.15, 0.2) is 73.1 Å². The zero-order valence-electron chi connectivity index (χ0n) is 12.1. The van der Waals surface area contributed by atoms with Gasteiger partial charge in [-0.25, -0.2) is 0 Å². The van der Waals surface area contributed by atoms with Crippen LogP contribution >= 0.6 is 0 Å². The first kappa shape index (κ1) is 13.3. The normalized spacial score (nSPS) is 9.95. The Hall–Kier alpha value is -2.72. The molecule has 1 heteroatoms. The molecule has 102 valence electrons. The zero-order valence-corrected chi connectivity index (χ0v) is 12.1. The van der Waals surface area contributed by atoms with Gasteiger partial charge in [0.15, 0.2) is 0 Å². The topological polar surface area (TPSA) is 4.93 Å². The minimum absolute atomic E-state index is 1.04. The molecule has 0 saturated heterocycles. The smallest absolute Gasteiger partial charge is 0.0606 e. The number of para-hydroxylation sites is 1. The summed E-state index contributed by atoms with van der Waals surface area (Å²) in [6.07, 6.45) is 5.14. The van der Waals surface area contributed by atoms with Gasteiger partial charge in [0.25, 0.3) is 0 Å². The summed E-state index contributed by atoms with van der Waals surface area (Å²) in [6.45, 7) is 2.16. The lowest BCUT2D eigenvalue weighted by atomic mass is 10.1. The summed E-state index contributed by atoms with van der Waals surface area (Å²) in [6, 6.07) is 20.7. The standard InChI is InChI=1S/C20H17N/c1-2-17-9-11-18(12-10-17)13-14-19-7-3-4-8-20(19)21-15-5-6-16-21/h3-12,15-16H,2H2,1H3. The lowest BCUT2D eigenvalue weighted by Gasteiger charge is -2.05. The third-order valence-electron chi connectivity index (χ3n) is 3.49. The molecule has 0 bridgehead atoms. The number of aryl methyl sites for hydroxylation is 1. The monoisotopic (exact) mass is 271 g/mol. The third kappa shape index (κ3) is 3.07.